The third kappa shape index (κ3) is 2.98. The number of hydrogen-bond donors (Lipinski definition) is 1. The first-order chi connectivity index (χ1) is 9.99. The maximum atomic E-state index is 12.7. The lowest BCUT2D eigenvalue weighted by Crippen LogP contribution is -2.46. The number of carbonyl (C=O) groups excluding carboxylic acids is 1. The van der Waals surface area contributed by atoms with Gasteiger partial charge in [-0.15, -0.1) is 11.3 Å². The molecule has 1 aromatic rings. The molecule has 0 unspecified atom stereocenters. The van der Waals surface area contributed by atoms with Crippen LogP contribution in [0.4, 0.5) is 0 Å². The maximum Gasteiger partial charge on any atom is 0.263 e. The Hall–Kier alpha value is -0.590. The Kier molecular flexibility index (Phi) is 4.30. The van der Waals surface area contributed by atoms with Gasteiger partial charge >= 0.3 is 0 Å². The van der Waals surface area contributed by atoms with Crippen LogP contribution in [0.15, 0.2) is 6.07 Å². The van der Waals surface area contributed by atoms with E-state index in [9.17, 15) is 4.79 Å². The largest absolute Gasteiger partial charge is 0.393 e. The highest BCUT2D eigenvalue weighted by Crippen LogP contribution is 2.35. The first-order valence-electron chi connectivity index (χ1n) is 7.28. The first-order valence-corrected chi connectivity index (χ1v) is 9.66. The number of fused-ring (bicyclic) bond motifs is 1. The highest BCUT2D eigenvalue weighted by Gasteiger charge is 2.35. The summed E-state index contributed by atoms with van der Waals surface area (Å²) in [5.74, 6) is 2.42. The molecule has 3 heterocycles. The molecular weight excluding hydrogens is 320 g/mol. The van der Waals surface area contributed by atoms with E-state index in [2.05, 4.69) is 13.0 Å². The van der Waals surface area contributed by atoms with Crippen LogP contribution in [0.5, 0.6) is 0 Å². The minimum atomic E-state index is -0.0859. The van der Waals surface area contributed by atoms with E-state index in [4.69, 9.17) is 18.0 Å². The molecule has 3 nitrogen and oxygen atoms in total. The van der Waals surface area contributed by atoms with E-state index in [-0.39, 0.29) is 11.3 Å². The van der Waals surface area contributed by atoms with Crippen molar-refractivity contribution in [2.45, 2.75) is 31.9 Å². The second kappa shape index (κ2) is 5.89. The average Bonchev–Trinajstić information content (AvgIpc) is 2.91. The van der Waals surface area contributed by atoms with Crippen molar-refractivity contribution in [3.05, 3.63) is 21.4 Å². The van der Waals surface area contributed by atoms with Crippen LogP contribution < -0.4 is 5.73 Å². The fourth-order valence-corrected chi connectivity index (χ4v) is 5.40. The standard InChI is InChI=1S/C15H20N2OS3/c1-15(14(16)19)3-5-17(6-4-15)13(18)12-8-10-9-20-7-2-11(10)21-12/h8H,2-7,9H2,1H3,(H2,16,19). The van der Waals surface area contributed by atoms with E-state index in [0.29, 0.717) is 4.99 Å². The van der Waals surface area contributed by atoms with E-state index >= 15 is 0 Å². The van der Waals surface area contributed by atoms with Crippen LogP contribution in [0, 0.1) is 5.41 Å². The molecule has 0 atom stereocenters. The molecular formula is C15H20N2OS3. The van der Waals surface area contributed by atoms with E-state index < -0.39 is 0 Å². The molecule has 0 aliphatic carbocycles. The number of thiocarbonyl (C=S) groups is 1. The SMILES string of the molecule is CC1(C(N)=S)CCN(C(=O)c2cc3c(s2)CCSC3)CC1. The van der Waals surface area contributed by atoms with Gasteiger partial charge in [0.1, 0.15) is 0 Å². The van der Waals surface area contributed by atoms with Gasteiger partial charge < -0.3 is 10.6 Å². The van der Waals surface area contributed by atoms with Gasteiger partial charge in [-0.05, 0) is 36.6 Å². The highest BCUT2D eigenvalue weighted by atomic mass is 32.2. The molecule has 114 valence electrons. The minimum Gasteiger partial charge on any atom is -0.393 e. The fraction of sp³-hybridized carbons (Fsp3) is 0.600. The molecule has 0 radical (unpaired) electrons. The molecule has 2 aliphatic rings. The Bertz CT molecular complexity index is 550. The smallest absolute Gasteiger partial charge is 0.263 e. The van der Waals surface area contributed by atoms with Crippen LogP contribution in [0.3, 0.4) is 0 Å². The zero-order valence-electron chi connectivity index (χ0n) is 12.2. The molecule has 1 amide bonds. The zero-order valence-corrected chi connectivity index (χ0v) is 14.6. The third-order valence-corrected chi connectivity index (χ3v) is 7.31. The number of amides is 1. The normalized spacial score (nSPS) is 20.9. The van der Waals surface area contributed by atoms with Gasteiger partial charge in [-0.1, -0.05) is 19.1 Å². The average molecular weight is 341 g/mol. The van der Waals surface area contributed by atoms with E-state index in [1.165, 1.54) is 16.2 Å². The van der Waals surface area contributed by atoms with Gasteiger partial charge in [0.15, 0.2) is 0 Å². The summed E-state index contributed by atoms with van der Waals surface area (Å²) < 4.78 is 0. The van der Waals surface area contributed by atoms with Gasteiger partial charge in [0.05, 0.1) is 9.87 Å². The lowest BCUT2D eigenvalue weighted by molar-refractivity contribution is 0.0675. The first kappa shape index (κ1) is 15.3. The summed E-state index contributed by atoms with van der Waals surface area (Å²) in [5, 5.41) is 0. The quantitative estimate of drug-likeness (QED) is 0.841. The number of nitrogens with two attached hydrogens (primary N) is 1. The monoisotopic (exact) mass is 340 g/mol. The lowest BCUT2D eigenvalue weighted by atomic mass is 9.80. The summed E-state index contributed by atoms with van der Waals surface area (Å²) in [6, 6.07) is 2.11. The molecule has 1 saturated heterocycles. The van der Waals surface area contributed by atoms with Gasteiger partial charge in [-0.25, -0.2) is 0 Å². The van der Waals surface area contributed by atoms with Gasteiger partial charge in [-0.3, -0.25) is 4.79 Å². The van der Waals surface area contributed by atoms with Crippen LogP contribution in [0.25, 0.3) is 0 Å². The van der Waals surface area contributed by atoms with Crippen molar-refractivity contribution in [1.29, 1.82) is 0 Å². The van der Waals surface area contributed by atoms with Crippen molar-refractivity contribution < 1.29 is 4.79 Å². The predicted molar refractivity (Wildman–Crippen MR) is 94.2 cm³/mol. The summed E-state index contributed by atoms with van der Waals surface area (Å²) in [7, 11) is 0. The molecule has 21 heavy (non-hydrogen) atoms. The van der Waals surface area contributed by atoms with Crippen molar-refractivity contribution in [2.75, 3.05) is 18.8 Å². The second-order valence-corrected chi connectivity index (χ2v) is 8.76. The Morgan fingerprint density at radius 2 is 2.14 bits per heavy atom. The number of nitrogens with zero attached hydrogens (tertiary/aromatic N) is 1. The van der Waals surface area contributed by atoms with E-state index in [0.717, 1.165) is 43.0 Å². The number of hydrogen-bond acceptors (Lipinski definition) is 4. The fourth-order valence-electron chi connectivity index (χ4n) is 2.86. The van der Waals surface area contributed by atoms with Crippen LogP contribution in [-0.2, 0) is 12.2 Å². The number of thiophene rings is 1. The molecule has 0 spiro atoms. The number of thioether (sulfide) groups is 1. The van der Waals surface area contributed by atoms with Crippen molar-refractivity contribution in [2.24, 2.45) is 11.1 Å². The summed E-state index contributed by atoms with van der Waals surface area (Å²) in [4.78, 5) is 17.5. The summed E-state index contributed by atoms with van der Waals surface area (Å²) in [5.41, 5.74) is 7.11. The van der Waals surface area contributed by atoms with Crippen LogP contribution in [-0.4, -0.2) is 34.6 Å². The molecule has 2 N–H and O–H groups in total. The lowest BCUT2D eigenvalue weighted by Gasteiger charge is -2.38. The van der Waals surface area contributed by atoms with E-state index in [1.807, 2.05) is 16.7 Å². The number of likely N-dealkylation sites (tertiary alicyclic amines) is 1. The Morgan fingerprint density at radius 3 is 2.76 bits per heavy atom. The number of carbonyl (C=O) groups is 1. The highest BCUT2D eigenvalue weighted by molar-refractivity contribution is 7.98. The zero-order chi connectivity index (χ0) is 15.0. The van der Waals surface area contributed by atoms with Gasteiger partial charge in [0.2, 0.25) is 0 Å². The van der Waals surface area contributed by atoms with Gasteiger partial charge in [-0.2, -0.15) is 11.8 Å². The molecule has 3 rings (SSSR count). The molecule has 1 fully saturated rings. The minimum absolute atomic E-state index is 0.0859. The molecule has 2 aliphatic heterocycles. The van der Waals surface area contributed by atoms with Gasteiger partial charge in [0.25, 0.3) is 5.91 Å². The Labute approximate surface area is 139 Å². The van der Waals surface area contributed by atoms with Crippen LogP contribution in [0.2, 0.25) is 0 Å². The molecule has 0 saturated carbocycles. The van der Waals surface area contributed by atoms with E-state index in [1.54, 1.807) is 11.3 Å². The summed E-state index contributed by atoms with van der Waals surface area (Å²) in [6.07, 6.45) is 2.85. The summed E-state index contributed by atoms with van der Waals surface area (Å²) in [6.45, 7) is 3.62. The van der Waals surface area contributed by atoms with Crippen molar-refractivity contribution >= 4 is 46.2 Å². The van der Waals surface area contributed by atoms with Gasteiger partial charge in [0, 0.05) is 29.1 Å². The number of rotatable bonds is 2. The van der Waals surface area contributed by atoms with Crippen molar-refractivity contribution in [1.82, 2.24) is 4.90 Å². The molecule has 0 aromatic carbocycles. The van der Waals surface area contributed by atoms with Crippen LogP contribution >= 0.6 is 35.3 Å². The predicted octanol–water partition coefficient (Wildman–Crippen LogP) is 3.07. The Morgan fingerprint density at radius 1 is 1.43 bits per heavy atom. The third-order valence-electron chi connectivity index (χ3n) is 4.59. The topological polar surface area (TPSA) is 46.3 Å². The maximum absolute atomic E-state index is 12.7. The Balaban J connectivity index is 1.69. The van der Waals surface area contributed by atoms with Crippen LogP contribution in [0.1, 0.15) is 39.9 Å². The second-order valence-electron chi connectivity index (χ2n) is 6.08. The summed E-state index contributed by atoms with van der Waals surface area (Å²) >= 11 is 8.80. The van der Waals surface area contributed by atoms with Crippen molar-refractivity contribution in [3.8, 4) is 0 Å². The molecule has 6 heteroatoms. The molecule has 0 bridgehead atoms. The number of piperidine rings is 1. The van der Waals surface area contributed by atoms with Crippen molar-refractivity contribution in [3.63, 3.8) is 0 Å². The molecule has 1 aromatic heterocycles. The number of aryl methyl sites for hydroxylation is 1.